The standard InChI is InChI=1S/C42H51N3O2.CHF3O3S/c1-8-44(9-2)33-20-16-31(17-21-33)41(36-25-22-34(28-30(36)7)45(10-3)11-4)39-26-27-40(38-15-13-12-14-37(38)39)43-32-18-23-35(24-19-32)47-42(46)29(5)6;2-1(3,4)8(5,6)7/h12-17,20-22,25-28,32,35H,5,8-11,18-19,23-24H2,1-4,6-7H3;(H,5,6,7). The largest absolute Gasteiger partial charge is 0.741 e. The maximum atomic E-state index is 12.0. The second-order valence-corrected chi connectivity index (χ2v) is 15.0. The number of nitrogens with one attached hydrogen (secondary N) is 1. The third-order valence-electron chi connectivity index (χ3n) is 10.0. The highest BCUT2D eigenvalue weighted by molar-refractivity contribution is 7.86. The van der Waals surface area contributed by atoms with E-state index in [0.717, 1.165) is 57.6 Å². The molecule has 1 fully saturated rings. The van der Waals surface area contributed by atoms with Gasteiger partial charge in [0.25, 0.3) is 0 Å². The van der Waals surface area contributed by atoms with Crippen LogP contribution in [0.1, 0.15) is 88.1 Å². The van der Waals surface area contributed by atoms with Crippen LogP contribution in [0.5, 0.6) is 0 Å². The Labute approximate surface area is 323 Å². The van der Waals surface area contributed by atoms with Crippen molar-refractivity contribution in [2.24, 2.45) is 0 Å². The predicted molar refractivity (Wildman–Crippen MR) is 214 cm³/mol. The minimum absolute atomic E-state index is 0.0296. The SMILES string of the molecule is C=C(C)C(=O)OC1CCC([NH+]=C2C=CC(=C(c3ccc(N(CC)CC)cc3)c3ccc(N(CC)CC)cc3C)c3ccccc32)CC1.O=S(=O)([O-])C(F)(F)F. The van der Waals surface area contributed by atoms with Gasteiger partial charge in [0.2, 0.25) is 5.71 Å². The van der Waals surface area contributed by atoms with E-state index in [1.165, 1.54) is 50.3 Å². The molecule has 0 aliphatic heterocycles. The highest BCUT2D eigenvalue weighted by Crippen LogP contribution is 2.39. The molecule has 12 heteroatoms. The number of esters is 1. The average molecular weight is 780 g/mol. The summed E-state index contributed by atoms with van der Waals surface area (Å²) < 4.78 is 64.6. The summed E-state index contributed by atoms with van der Waals surface area (Å²) >= 11 is 0. The molecule has 0 heterocycles. The van der Waals surface area contributed by atoms with Gasteiger partial charge in [0.15, 0.2) is 16.2 Å². The predicted octanol–water partition coefficient (Wildman–Crippen LogP) is 7.57. The number of aryl methyl sites for hydroxylation is 1. The molecule has 5 rings (SSSR count). The Bertz CT molecular complexity index is 2020. The van der Waals surface area contributed by atoms with Crippen molar-refractivity contribution < 1.29 is 40.7 Å². The lowest BCUT2D eigenvalue weighted by Crippen LogP contribution is -2.80. The first-order valence-corrected chi connectivity index (χ1v) is 20.2. The van der Waals surface area contributed by atoms with Crippen LogP contribution >= 0.6 is 0 Å². The van der Waals surface area contributed by atoms with Crippen LogP contribution in [0.15, 0.2) is 91.0 Å². The molecule has 2 aliphatic carbocycles. The molecule has 3 aromatic carbocycles. The molecule has 296 valence electrons. The van der Waals surface area contributed by atoms with Crippen molar-refractivity contribution in [2.75, 3.05) is 36.0 Å². The molecule has 0 unspecified atom stereocenters. The van der Waals surface area contributed by atoms with Gasteiger partial charge < -0.3 is 19.1 Å². The van der Waals surface area contributed by atoms with Gasteiger partial charge in [0.1, 0.15) is 6.10 Å². The summed E-state index contributed by atoms with van der Waals surface area (Å²) in [5, 5.41) is 0. The van der Waals surface area contributed by atoms with Crippen LogP contribution < -0.4 is 14.8 Å². The van der Waals surface area contributed by atoms with Crippen LogP contribution in [0.3, 0.4) is 0 Å². The van der Waals surface area contributed by atoms with Gasteiger partial charge in [-0.2, -0.15) is 13.2 Å². The number of rotatable bonds is 11. The Morgan fingerprint density at radius 2 is 1.38 bits per heavy atom. The lowest BCUT2D eigenvalue weighted by molar-refractivity contribution is -0.507. The van der Waals surface area contributed by atoms with E-state index in [1.54, 1.807) is 6.92 Å². The lowest BCUT2D eigenvalue weighted by Gasteiger charge is -2.26. The van der Waals surface area contributed by atoms with E-state index in [1.807, 2.05) is 0 Å². The fourth-order valence-electron chi connectivity index (χ4n) is 7.04. The molecule has 2 aliphatic rings. The minimum Gasteiger partial charge on any atom is -0.741 e. The number of carbonyl (C=O) groups excluding carboxylic acids is 1. The Kier molecular flexibility index (Phi) is 14.7. The number of anilines is 2. The Morgan fingerprint density at radius 3 is 1.89 bits per heavy atom. The zero-order valence-corrected chi connectivity index (χ0v) is 33.3. The van der Waals surface area contributed by atoms with Gasteiger partial charge in [0.05, 0.1) is 5.56 Å². The van der Waals surface area contributed by atoms with Gasteiger partial charge in [-0.05, 0) is 124 Å². The van der Waals surface area contributed by atoms with E-state index < -0.39 is 15.6 Å². The van der Waals surface area contributed by atoms with Gasteiger partial charge >= 0.3 is 11.5 Å². The number of ether oxygens (including phenoxy) is 1. The molecular formula is C43H52F3N3O5S. The highest BCUT2D eigenvalue weighted by atomic mass is 32.2. The third-order valence-corrected chi connectivity index (χ3v) is 10.6. The molecule has 0 saturated heterocycles. The van der Waals surface area contributed by atoms with E-state index in [-0.39, 0.29) is 12.1 Å². The van der Waals surface area contributed by atoms with Crippen molar-refractivity contribution >= 4 is 44.3 Å². The zero-order chi connectivity index (χ0) is 40.5. The number of halogens is 3. The third kappa shape index (κ3) is 10.8. The van der Waals surface area contributed by atoms with Crippen molar-refractivity contribution in [1.82, 2.24) is 0 Å². The summed E-state index contributed by atoms with van der Waals surface area (Å²) in [6, 6.07) is 25.2. The normalized spacial score (nSPS) is 18.5. The number of allylic oxidation sites excluding steroid dienone is 3. The molecule has 8 nitrogen and oxygen atoms in total. The van der Waals surface area contributed by atoms with Gasteiger partial charge in [-0.1, -0.05) is 43.0 Å². The summed E-state index contributed by atoms with van der Waals surface area (Å²) in [4.78, 5) is 20.7. The first-order chi connectivity index (χ1) is 26.0. The quantitative estimate of drug-likeness (QED) is 0.0928. The van der Waals surface area contributed by atoms with Gasteiger partial charge in [-0.25, -0.2) is 18.2 Å². The van der Waals surface area contributed by atoms with E-state index in [2.05, 4.69) is 135 Å². The van der Waals surface area contributed by atoms with Gasteiger partial charge in [-0.15, -0.1) is 0 Å². The number of hydrogen-bond acceptors (Lipinski definition) is 7. The van der Waals surface area contributed by atoms with Crippen LogP contribution in [0.25, 0.3) is 11.1 Å². The van der Waals surface area contributed by atoms with Crippen molar-refractivity contribution in [3.8, 4) is 0 Å². The van der Waals surface area contributed by atoms with Crippen LogP contribution in [0.2, 0.25) is 0 Å². The topological polar surface area (TPSA) is 104 Å². The van der Waals surface area contributed by atoms with Crippen LogP contribution in [-0.2, 0) is 19.6 Å². The maximum Gasteiger partial charge on any atom is 0.485 e. The second kappa shape index (κ2) is 18.8. The molecular weight excluding hydrogens is 728 g/mol. The van der Waals surface area contributed by atoms with Crippen molar-refractivity contribution in [3.63, 3.8) is 0 Å². The molecule has 0 atom stereocenters. The number of hydrogen-bond donors (Lipinski definition) is 1. The smallest absolute Gasteiger partial charge is 0.485 e. The number of nitrogens with zero attached hydrogens (tertiary/aromatic N) is 2. The van der Waals surface area contributed by atoms with E-state index in [9.17, 15) is 18.0 Å². The number of alkyl halides is 3. The first kappa shape index (κ1) is 43.1. The molecule has 0 spiro atoms. The number of fused-ring (bicyclic) bond motifs is 1. The Morgan fingerprint density at radius 1 is 0.855 bits per heavy atom. The monoisotopic (exact) mass is 779 g/mol. The molecule has 0 bridgehead atoms. The molecule has 0 amide bonds. The van der Waals surface area contributed by atoms with Gasteiger partial charge in [0, 0.05) is 62.0 Å². The van der Waals surface area contributed by atoms with Crippen LogP contribution in [0, 0.1) is 6.92 Å². The fourth-order valence-corrected chi connectivity index (χ4v) is 7.04. The zero-order valence-electron chi connectivity index (χ0n) is 32.5. The lowest BCUT2D eigenvalue weighted by atomic mass is 9.82. The van der Waals surface area contributed by atoms with E-state index in [0.29, 0.717) is 11.6 Å². The molecule has 0 aromatic heterocycles. The summed E-state index contributed by atoms with van der Waals surface area (Å²) in [5.41, 5.74) is 7.16. The van der Waals surface area contributed by atoms with E-state index in [4.69, 9.17) is 17.7 Å². The highest BCUT2D eigenvalue weighted by Gasteiger charge is 2.37. The van der Waals surface area contributed by atoms with Crippen molar-refractivity contribution in [2.45, 2.75) is 84.9 Å². The van der Waals surface area contributed by atoms with Gasteiger partial charge in [-0.3, -0.25) is 0 Å². The Balaban J connectivity index is 0.000000757. The summed E-state index contributed by atoms with van der Waals surface area (Å²) in [7, 11) is -6.09. The van der Waals surface area contributed by atoms with Crippen LogP contribution in [-0.4, -0.2) is 68.5 Å². The molecule has 55 heavy (non-hydrogen) atoms. The minimum atomic E-state index is -6.09. The van der Waals surface area contributed by atoms with Crippen molar-refractivity contribution in [3.05, 3.63) is 119 Å². The molecule has 0 radical (unpaired) electrons. The maximum absolute atomic E-state index is 12.0. The number of benzene rings is 3. The summed E-state index contributed by atoms with van der Waals surface area (Å²) in [6.45, 7) is 20.5. The summed E-state index contributed by atoms with van der Waals surface area (Å²) in [5.74, 6) is -0.282. The molecule has 1 N–H and O–H groups in total. The first-order valence-electron chi connectivity index (χ1n) is 18.8. The Hall–Kier alpha value is -4.68. The van der Waals surface area contributed by atoms with Crippen LogP contribution in [0.4, 0.5) is 24.5 Å². The molecule has 3 aromatic rings. The second-order valence-electron chi connectivity index (χ2n) is 13.7. The molecule has 1 saturated carbocycles. The number of carbonyl (C=O) groups is 1. The van der Waals surface area contributed by atoms with E-state index >= 15 is 0 Å². The average Bonchev–Trinajstić information content (AvgIpc) is 3.15. The summed E-state index contributed by atoms with van der Waals surface area (Å²) in [6.07, 6.45) is 8.16. The fraction of sp³-hybridized carbons (Fsp3) is 0.395. The van der Waals surface area contributed by atoms with Crippen molar-refractivity contribution in [1.29, 1.82) is 0 Å².